The van der Waals surface area contributed by atoms with Crippen LogP contribution in [-0.4, -0.2) is 9.13 Å². The minimum atomic E-state index is 0.680. The molecule has 2 aromatic heterocycles. The lowest BCUT2D eigenvalue weighted by Gasteiger charge is -2.20. The number of hydrogen-bond acceptors (Lipinski definition) is 2. The van der Waals surface area contributed by atoms with Gasteiger partial charge in [-0.1, -0.05) is 158 Å². The van der Waals surface area contributed by atoms with Crippen LogP contribution < -0.4 is 0 Å². The zero-order chi connectivity index (χ0) is 47.6. The number of rotatable bonds is 6. The fourth-order valence-electron chi connectivity index (χ4n) is 12.3. The van der Waals surface area contributed by atoms with Gasteiger partial charge in [0, 0.05) is 43.7 Å². The third-order valence-electron chi connectivity index (χ3n) is 15.3. The highest BCUT2D eigenvalue weighted by atomic mass is 15.0. The van der Waals surface area contributed by atoms with Gasteiger partial charge in [-0.2, -0.15) is 10.5 Å². The Morgan fingerprint density at radius 2 is 0.597 bits per heavy atom. The standard InChI is InChI=1S/C68H38N4/c69-39-45-23-33-59-65-51(45)27-29-53-49(31-35-61(67(53)65)71(59)47-17-9-3-10-18-47)43-22-26-56-57(37-43)63(41-13-5-1-6-14-41)55-25-21-44(38-58(55)64(56)42-15-7-2-8-16-42)50-32-36-62-68-54(50)30-28-52-46(40-70)24-34-60(66(52)68)72(62)48-19-11-4-12-20-48/h1-38H. The summed E-state index contributed by atoms with van der Waals surface area (Å²) in [5.41, 5.74) is 17.2. The highest BCUT2D eigenvalue weighted by Gasteiger charge is 2.25. The number of aromatic nitrogens is 2. The first-order chi connectivity index (χ1) is 35.7. The molecule has 0 saturated heterocycles. The molecule has 0 spiro atoms. The molecule has 4 heteroatoms. The minimum absolute atomic E-state index is 0.680. The molecule has 0 aliphatic rings. The predicted molar refractivity (Wildman–Crippen MR) is 299 cm³/mol. The Hall–Kier alpha value is -10.0. The normalized spacial score (nSPS) is 11.9. The molecule has 0 fully saturated rings. The molecule has 4 nitrogen and oxygen atoms in total. The van der Waals surface area contributed by atoms with Crippen LogP contribution in [0, 0.1) is 22.7 Å². The number of para-hydroxylation sites is 2. The Kier molecular flexibility index (Phi) is 8.46. The topological polar surface area (TPSA) is 57.4 Å². The molecule has 72 heavy (non-hydrogen) atoms. The molecule has 0 bridgehead atoms. The second-order valence-electron chi connectivity index (χ2n) is 18.9. The van der Waals surface area contributed by atoms with Crippen molar-refractivity contribution in [1.29, 1.82) is 10.5 Å². The van der Waals surface area contributed by atoms with E-state index in [1.54, 1.807) is 0 Å². The Morgan fingerprint density at radius 1 is 0.264 bits per heavy atom. The van der Waals surface area contributed by atoms with Gasteiger partial charge >= 0.3 is 0 Å². The lowest BCUT2D eigenvalue weighted by molar-refractivity contribution is 1.18. The fraction of sp³-hybridized carbons (Fsp3) is 0. The van der Waals surface area contributed by atoms with Crippen molar-refractivity contribution < 1.29 is 0 Å². The molecule has 13 aromatic carbocycles. The molecule has 15 rings (SSSR count). The summed E-state index contributed by atoms with van der Waals surface area (Å²) < 4.78 is 4.67. The monoisotopic (exact) mass is 910 g/mol. The van der Waals surface area contributed by atoms with Crippen LogP contribution in [0.3, 0.4) is 0 Å². The summed E-state index contributed by atoms with van der Waals surface area (Å²) >= 11 is 0. The summed E-state index contributed by atoms with van der Waals surface area (Å²) in [5.74, 6) is 0. The van der Waals surface area contributed by atoms with Crippen LogP contribution in [0.1, 0.15) is 11.1 Å². The van der Waals surface area contributed by atoms with Crippen molar-refractivity contribution in [3.8, 4) is 68.0 Å². The predicted octanol–water partition coefficient (Wildman–Crippen LogP) is 17.8. The second-order valence-corrected chi connectivity index (χ2v) is 18.9. The van der Waals surface area contributed by atoms with E-state index in [0.29, 0.717) is 11.1 Å². The van der Waals surface area contributed by atoms with Crippen molar-refractivity contribution in [1.82, 2.24) is 9.13 Å². The summed E-state index contributed by atoms with van der Waals surface area (Å²) in [6, 6.07) is 87.7. The fourth-order valence-corrected chi connectivity index (χ4v) is 12.3. The van der Waals surface area contributed by atoms with E-state index in [1.807, 2.05) is 12.1 Å². The van der Waals surface area contributed by atoms with Gasteiger partial charge in [-0.15, -0.1) is 0 Å². The van der Waals surface area contributed by atoms with Crippen molar-refractivity contribution in [2.24, 2.45) is 0 Å². The first-order valence-corrected chi connectivity index (χ1v) is 24.4. The third kappa shape index (κ3) is 5.55. The van der Waals surface area contributed by atoms with E-state index in [0.717, 1.165) is 99.1 Å². The van der Waals surface area contributed by atoms with Crippen LogP contribution in [-0.2, 0) is 0 Å². The van der Waals surface area contributed by atoms with Gasteiger partial charge in [-0.3, -0.25) is 0 Å². The van der Waals surface area contributed by atoms with E-state index in [-0.39, 0.29) is 0 Å². The van der Waals surface area contributed by atoms with Crippen molar-refractivity contribution in [3.05, 3.63) is 242 Å². The number of fused-ring (bicyclic) bond motifs is 2. The van der Waals surface area contributed by atoms with Crippen molar-refractivity contribution in [2.45, 2.75) is 0 Å². The SMILES string of the molecule is N#Cc1ccc2c3c1ccc1c(-c4ccc5c(-c6ccccc6)c6cc(-c7ccc8c9c7ccc7c(C#N)ccc(c79)n8-c7ccccc7)ccc6c(-c6ccccc6)c5c4)ccc(c13)n2-c1ccccc1. The molecule has 2 heterocycles. The smallest absolute Gasteiger partial charge is 0.0998 e. The van der Waals surface area contributed by atoms with Crippen LogP contribution in [0.5, 0.6) is 0 Å². The Bertz CT molecular complexity index is 4470. The Labute approximate surface area is 414 Å². The second kappa shape index (κ2) is 15.2. The molecular formula is C68H38N4. The highest BCUT2D eigenvalue weighted by molar-refractivity contribution is 6.30. The molecule has 330 valence electrons. The summed E-state index contributed by atoms with van der Waals surface area (Å²) in [5, 5.41) is 34.1. The van der Waals surface area contributed by atoms with Gasteiger partial charge < -0.3 is 9.13 Å². The molecule has 0 atom stereocenters. The zero-order valence-corrected chi connectivity index (χ0v) is 38.7. The van der Waals surface area contributed by atoms with Crippen LogP contribution in [0.4, 0.5) is 0 Å². The molecule has 0 unspecified atom stereocenters. The van der Waals surface area contributed by atoms with E-state index < -0.39 is 0 Å². The number of hydrogen-bond donors (Lipinski definition) is 0. The first kappa shape index (κ1) is 39.9. The average molecular weight is 911 g/mol. The average Bonchev–Trinajstić information content (AvgIpc) is 3.98. The highest BCUT2D eigenvalue weighted by Crippen LogP contribution is 2.50. The van der Waals surface area contributed by atoms with Gasteiger partial charge in [0.25, 0.3) is 0 Å². The quantitative estimate of drug-likeness (QED) is 0.123. The minimum Gasteiger partial charge on any atom is -0.309 e. The summed E-state index contributed by atoms with van der Waals surface area (Å²) in [6.07, 6.45) is 0. The molecule has 15 aromatic rings. The van der Waals surface area contributed by atoms with Gasteiger partial charge in [0.2, 0.25) is 0 Å². The van der Waals surface area contributed by atoms with Crippen LogP contribution in [0.25, 0.3) is 143 Å². The molecule has 0 aliphatic carbocycles. The van der Waals surface area contributed by atoms with E-state index in [1.165, 1.54) is 43.4 Å². The maximum absolute atomic E-state index is 10.3. The van der Waals surface area contributed by atoms with Gasteiger partial charge in [0.15, 0.2) is 0 Å². The van der Waals surface area contributed by atoms with Gasteiger partial charge in [-0.05, 0) is 150 Å². The van der Waals surface area contributed by atoms with Gasteiger partial charge in [0.1, 0.15) is 0 Å². The van der Waals surface area contributed by atoms with Crippen molar-refractivity contribution >= 4 is 86.7 Å². The van der Waals surface area contributed by atoms with E-state index in [4.69, 9.17) is 0 Å². The van der Waals surface area contributed by atoms with Crippen molar-refractivity contribution in [2.75, 3.05) is 0 Å². The Morgan fingerprint density at radius 3 is 0.986 bits per heavy atom. The molecule has 0 aliphatic heterocycles. The third-order valence-corrected chi connectivity index (χ3v) is 15.3. The zero-order valence-electron chi connectivity index (χ0n) is 38.7. The number of nitrogens with zero attached hydrogens (tertiary/aromatic N) is 4. The number of nitriles is 2. The molecule has 0 N–H and O–H groups in total. The summed E-state index contributed by atoms with van der Waals surface area (Å²) in [7, 11) is 0. The van der Waals surface area contributed by atoms with Crippen LogP contribution in [0.15, 0.2) is 231 Å². The molecular weight excluding hydrogens is 873 g/mol. The maximum Gasteiger partial charge on any atom is 0.0998 e. The van der Waals surface area contributed by atoms with Gasteiger partial charge in [0.05, 0.1) is 45.3 Å². The molecule has 0 radical (unpaired) electrons. The van der Waals surface area contributed by atoms with E-state index in [2.05, 4.69) is 240 Å². The van der Waals surface area contributed by atoms with Gasteiger partial charge in [-0.25, -0.2) is 0 Å². The summed E-state index contributed by atoms with van der Waals surface area (Å²) in [4.78, 5) is 0. The van der Waals surface area contributed by atoms with Crippen molar-refractivity contribution in [3.63, 3.8) is 0 Å². The first-order valence-electron chi connectivity index (χ1n) is 24.4. The van der Waals surface area contributed by atoms with E-state index >= 15 is 0 Å². The van der Waals surface area contributed by atoms with Crippen LogP contribution >= 0.6 is 0 Å². The lowest BCUT2D eigenvalue weighted by Crippen LogP contribution is -1.94. The summed E-state index contributed by atoms with van der Waals surface area (Å²) in [6.45, 7) is 0. The Balaban J connectivity index is 1.000. The molecule has 0 amide bonds. The van der Waals surface area contributed by atoms with E-state index in [9.17, 15) is 10.5 Å². The number of benzene rings is 13. The largest absolute Gasteiger partial charge is 0.309 e. The lowest BCUT2D eigenvalue weighted by atomic mass is 9.83. The maximum atomic E-state index is 10.3. The molecule has 0 saturated carbocycles. The van der Waals surface area contributed by atoms with Crippen LogP contribution in [0.2, 0.25) is 0 Å².